The van der Waals surface area contributed by atoms with Crippen LogP contribution < -0.4 is 15.4 Å². The smallest absolute Gasteiger partial charge is 0.341 e. The monoisotopic (exact) mass is 490 g/mol. The molecule has 0 unspecified atom stereocenters. The van der Waals surface area contributed by atoms with Crippen molar-refractivity contribution in [3.63, 3.8) is 0 Å². The number of thioether (sulfide) groups is 1. The van der Waals surface area contributed by atoms with E-state index in [9.17, 15) is 9.59 Å². The lowest BCUT2D eigenvalue weighted by Gasteiger charge is -2.07. The van der Waals surface area contributed by atoms with Crippen LogP contribution in [0.3, 0.4) is 0 Å². The first-order valence-electron chi connectivity index (χ1n) is 10.1. The predicted molar refractivity (Wildman–Crippen MR) is 128 cm³/mol. The van der Waals surface area contributed by atoms with Crippen LogP contribution in [0.4, 0.5) is 15.8 Å². The number of benzene rings is 1. The Morgan fingerprint density at radius 3 is 2.72 bits per heavy atom. The molecule has 0 saturated heterocycles. The van der Waals surface area contributed by atoms with Crippen LogP contribution >= 0.6 is 34.4 Å². The minimum Gasteiger partial charge on any atom is -0.497 e. The van der Waals surface area contributed by atoms with Crippen LogP contribution in [0.1, 0.15) is 34.1 Å². The van der Waals surface area contributed by atoms with Crippen LogP contribution in [0.5, 0.6) is 5.75 Å². The topological polar surface area (TPSA) is 102 Å². The minimum absolute atomic E-state index is 0.169. The van der Waals surface area contributed by atoms with Gasteiger partial charge in [-0.15, -0.1) is 21.5 Å². The molecule has 2 N–H and O–H groups in total. The van der Waals surface area contributed by atoms with E-state index in [2.05, 4.69) is 20.8 Å². The van der Waals surface area contributed by atoms with Crippen molar-refractivity contribution in [2.24, 2.45) is 0 Å². The Morgan fingerprint density at radius 1 is 1.16 bits per heavy atom. The molecule has 0 spiro atoms. The van der Waals surface area contributed by atoms with Crippen LogP contribution in [0.25, 0.3) is 0 Å². The average molecular weight is 491 g/mol. The average Bonchev–Trinajstić information content (AvgIpc) is 3.49. The van der Waals surface area contributed by atoms with Crippen molar-refractivity contribution >= 4 is 62.1 Å². The molecule has 32 heavy (non-hydrogen) atoms. The number of carbonyl (C=O) groups is 2. The molecular weight excluding hydrogens is 468 g/mol. The van der Waals surface area contributed by atoms with Crippen molar-refractivity contribution < 1.29 is 19.1 Å². The van der Waals surface area contributed by atoms with Crippen molar-refractivity contribution in [1.29, 1.82) is 0 Å². The van der Waals surface area contributed by atoms with Gasteiger partial charge in [0.2, 0.25) is 11.0 Å². The number of aromatic nitrogens is 2. The molecule has 1 aromatic carbocycles. The molecule has 0 saturated carbocycles. The molecule has 4 rings (SSSR count). The Kier molecular flexibility index (Phi) is 7.28. The van der Waals surface area contributed by atoms with Gasteiger partial charge >= 0.3 is 5.97 Å². The first-order chi connectivity index (χ1) is 15.6. The van der Waals surface area contributed by atoms with Gasteiger partial charge < -0.3 is 20.1 Å². The second kappa shape index (κ2) is 10.3. The van der Waals surface area contributed by atoms with Gasteiger partial charge in [-0.3, -0.25) is 4.79 Å². The fourth-order valence-electron chi connectivity index (χ4n) is 3.32. The lowest BCUT2D eigenvalue weighted by atomic mass is 10.1. The Hall–Kier alpha value is -2.63. The van der Waals surface area contributed by atoms with Crippen LogP contribution in [0, 0.1) is 0 Å². The Morgan fingerprint density at radius 2 is 1.97 bits per heavy atom. The second-order valence-electron chi connectivity index (χ2n) is 6.85. The molecule has 2 heterocycles. The van der Waals surface area contributed by atoms with Crippen molar-refractivity contribution in [3.05, 3.63) is 40.3 Å². The number of esters is 1. The van der Waals surface area contributed by atoms with E-state index in [0.29, 0.717) is 26.6 Å². The van der Waals surface area contributed by atoms with E-state index in [4.69, 9.17) is 9.47 Å². The summed E-state index contributed by atoms with van der Waals surface area (Å²) in [7, 11) is 1.62. The van der Waals surface area contributed by atoms with Gasteiger partial charge in [-0.1, -0.05) is 23.1 Å². The van der Waals surface area contributed by atoms with Crippen molar-refractivity contribution in [2.75, 3.05) is 30.1 Å². The van der Waals surface area contributed by atoms with Gasteiger partial charge in [0.25, 0.3) is 0 Å². The quantitative estimate of drug-likeness (QED) is 0.327. The highest BCUT2D eigenvalue weighted by molar-refractivity contribution is 8.01. The number of amides is 1. The second-order valence-corrected chi connectivity index (χ2v) is 10.2. The normalized spacial score (nSPS) is 12.3. The highest BCUT2D eigenvalue weighted by Crippen LogP contribution is 2.39. The number of methoxy groups -OCH3 is 1. The van der Waals surface area contributed by atoms with Crippen molar-refractivity contribution in [3.8, 4) is 5.75 Å². The molecule has 0 aliphatic heterocycles. The summed E-state index contributed by atoms with van der Waals surface area (Å²) in [6.45, 7) is 2.08. The van der Waals surface area contributed by atoms with Gasteiger partial charge in [-0.25, -0.2) is 4.79 Å². The van der Waals surface area contributed by atoms with E-state index in [0.717, 1.165) is 41.1 Å². The summed E-state index contributed by atoms with van der Waals surface area (Å²) < 4.78 is 11.0. The molecular formula is C21H22N4O4S3. The Labute approximate surface area is 197 Å². The number of anilines is 3. The van der Waals surface area contributed by atoms with Gasteiger partial charge in [0.05, 0.1) is 25.0 Å². The zero-order valence-electron chi connectivity index (χ0n) is 17.6. The maximum absolute atomic E-state index is 12.6. The number of thiophene rings is 1. The summed E-state index contributed by atoms with van der Waals surface area (Å²) in [6.07, 6.45) is 2.81. The SMILES string of the molecule is CCOC(=O)c1c(NC(=O)CSc2nnc(Nc3ccc(OC)cc3)s2)sc2c1CCC2. The number of nitrogens with one attached hydrogen (secondary N) is 2. The predicted octanol–water partition coefficient (Wildman–Crippen LogP) is 4.75. The molecule has 0 atom stereocenters. The third-order valence-electron chi connectivity index (χ3n) is 4.73. The number of aryl methyl sites for hydroxylation is 1. The highest BCUT2D eigenvalue weighted by Gasteiger charge is 2.28. The summed E-state index contributed by atoms with van der Waals surface area (Å²) in [6, 6.07) is 7.49. The molecule has 1 aliphatic carbocycles. The number of carbonyl (C=O) groups excluding carboxylic acids is 2. The number of nitrogens with zero attached hydrogens (tertiary/aromatic N) is 2. The van der Waals surface area contributed by atoms with Gasteiger partial charge in [0, 0.05) is 10.6 Å². The number of hydrogen-bond donors (Lipinski definition) is 2. The maximum atomic E-state index is 12.6. The van der Waals surface area contributed by atoms with Gasteiger partial charge in [-0.2, -0.15) is 0 Å². The zero-order valence-corrected chi connectivity index (χ0v) is 20.0. The van der Waals surface area contributed by atoms with Crippen LogP contribution in [-0.4, -0.2) is 41.5 Å². The molecule has 0 bridgehead atoms. The van der Waals surface area contributed by atoms with Crippen LogP contribution in [0.15, 0.2) is 28.6 Å². The standard InChI is InChI=1S/C21H22N4O4S3/c1-3-29-19(27)17-14-5-4-6-15(14)31-18(17)23-16(26)11-30-21-25-24-20(32-21)22-12-7-9-13(28-2)10-8-12/h7-10H,3-6,11H2,1-2H3,(H,22,24)(H,23,26). The first kappa shape index (κ1) is 22.6. The van der Waals surface area contributed by atoms with Gasteiger partial charge in [0.1, 0.15) is 10.8 Å². The molecule has 11 heteroatoms. The molecule has 1 amide bonds. The lowest BCUT2D eigenvalue weighted by molar-refractivity contribution is -0.113. The lowest BCUT2D eigenvalue weighted by Crippen LogP contribution is -2.16. The van der Waals surface area contributed by atoms with Gasteiger partial charge in [0.15, 0.2) is 4.34 Å². The summed E-state index contributed by atoms with van der Waals surface area (Å²) in [5, 5.41) is 15.5. The van der Waals surface area contributed by atoms with Crippen molar-refractivity contribution in [2.45, 2.75) is 30.5 Å². The highest BCUT2D eigenvalue weighted by atomic mass is 32.2. The van der Waals surface area contributed by atoms with Crippen LogP contribution in [0.2, 0.25) is 0 Å². The molecule has 8 nitrogen and oxygen atoms in total. The largest absolute Gasteiger partial charge is 0.497 e. The van der Waals surface area contributed by atoms with Gasteiger partial charge in [-0.05, 0) is 56.0 Å². The third kappa shape index (κ3) is 5.22. The fourth-order valence-corrected chi connectivity index (χ4v) is 6.18. The molecule has 2 aromatic heterocycles. The summed E-state index contributed by atoms with van der Waals surface area (Å²) >= 11 is 4.14. The molecule has 0 radical (unpaired) electrons. The van der Waals surface area contributed by atoms with E-state index in [-0.39, 0.29) is 17.6 Å². The Balaban J connectivity index is 1.34. The molecule has 168 valence electrons. The Bertz CT molecular complexity index is 1110. The summed E-state index contributed by atoms with van der Waals surface area (Å²) in [5.41, 5.74) is 2.41. The first-order valence-corrected chi connectivity index (χ1v) is 12.7. The summed E-state index contributed by atoms with van der Waals surface area (Å²) in [4.78, 5) is 26.1. The van der Waals surface area contributed by atoms with E-state index in [1.165, 1.54) is 34.4 Å². The molecule has 1 aliphatic rings. The van der Waals surface area contributed by atoms with E-state index < -0.39 is 0 Å². The van der Waals surface area contributed by atoms with Crippen molar-refractivity contribution in [1.82, 2.24) is 10.2 Å². The minimum atomic E-state index is -0.367. The maximum Gasteiger partial charge on any atom is 0.341 e. The third-order valence-corrected chi connectivity index (χ3v) is 7.91. The number of ether oxygens (including phenoxy) is 2. The fraction of sp³-hybridized carbons (Fsp3) is 0.333. The van der Waals surface area contributed by atoms with E-state index in [1.807, 2.05) is 24.3 Å². The number of hydrogen-bond acceptors (Lipinski definition) is 10. The van der Waals surface area contributed by atoms with E-state index >= 15 is 0 Å². The molecule has 3 aromatic rings. The zero-order chi connectivity index (χ0) is 22.5. The number of rotatable bonds is 9. The summed E-state index contributed by atoms with van der Waals surface area (Å²) in [5.74, 6) is 0.382. The van der Waals surface area contributed by atoms with E-state index in [1.54, 1.807) is 14.0 Å². The van der Waals surface area contributed by atoms with Crippen LogP contribution in [-0.2, 0) is 22.4 Å². The number of fused-ring (bicyclic) bond motifs is 1. The molecule has 0 fully saturated rings.